The zero-order chi connectivity index (χ0) is 18.4. The second-order valence-electron chi connectivity index (χ2n) is 4.78. The van der Waals surface area contributed by atoms with E-state index in [2.05, 4.69) is 15.3 Å². The maximum atomic E-state index is 11.2. The maximum absolute atomic E-state index is 11.2. The highest BCUT2D eigenvalue weighted by Crippen LogP contribution is 1.97. The first-order chi connectivity index (χ1) is 11.3. The third-order valence-electron chi connectivity index (χ3n) is 2.72. The second kappa shape index (κ2) is 12.7. The van der Waals surface area contributed by atoms with Gasteiger partial charge in [-0.05, 0) is 26.2 Å². The van der Waals surface area contributed by atoms with Crippen molar-refractivity contribution >= 4 is 18.0 Å². The fourth-order valence-electron chi connectivity index (χ4n) is 1.34. The van der Waals surface area contributed by atoms with Crippen LogP contribution in [-0.2, 0) is 20.7 Å². The molecule has 0 radical (unpaired) electrons. The molecule has 0 aliphatic rings. The van der Waals surface area contributed by atoms with E-state index in [0.717, 1.165) is 25.0 Å². The number of aryl methyl sites for hydroxylation is 1. The Kier molecular flexibility index (Phi) is 11.2. The highest BCUT2D eigenvalue weighted by atomic mass is 16.5. The van der Waals surface area contributed by atoms with E-state index in [0.29, 0.717) is 18.8 Å². The monoisotopic (exact) mass is 341 g/mol. The summed E-state index contributed by atoms with van der Waals surface area (Å²) in [5, 5.41) is 18.4. The molecule has 9 heteroatoms. The van der Waals surface area contributed by atoms with Crippen molar-refractivity contribution < 1.29 is 29.3 Å². The molecule has 9 nitrogen and oxygen atoms in total. The molecule has 1 aromatic rings. The van der Waals surface area contributed by atoms with E-state index < -0.39 is 11.9 Å². The third kappa shape index (κ3) is 12.9. The van der Waals surface area contributed by atoms with Crippen LogP contribution in [0.3, 0.4) is 0 Å². The Morgan fingerprint density at radius 3 is 2.42 bits per heavy atom. The number of hydrogen-bond acceptors (Lipinski definition) is 5. The molecule has 1 aromatic heterocycles. The van der Waals surface area contributed by atoms with Crippen LogP contribution < -0.4 is 5.32 Å². The number of aliphatic carboxylic acids is 2. The molecule has 134 valence electrons. The van der Waals surface area contributed by atoms with E-state index in [1.807, 2.05) is 13.8 Å². The lowest BCUT2D eigenvalue weighted by Crippen LogP contribution is -2.32. The van der Waals surface area contributed by atoms with Gasteiger partial charge in [-0.2, -0.15) is 0 Å². The predicted molar refractivity (Wildman–Crippen MR) is 85.6 cm³/mol. The first kappa shape index (κ1) is 21.2. The smallest absolute Gasteiger partial charge is 0.407 e. The number of aromatic nitrogens is 2. The van der Waals surface area contributed by atoms with Crippen molar-refractivity contribution in [2.75, 3.05) is 6.61 Å². The number of aromatic amines is 1. The summed E-state index contributed by atoms with van der Waals surface area (Å²) in [6.07, 6.45) is 6.75. The van der Waals surface area contributed by atoms with E-state index in [1.54, 1.807) is 12.5 Å². The van der Waals surface area contributed by atoms with Crippen LogP contribution in [0.2, 0.25) is 0 Å². The van der Waals surface area contributed by atoms with Crippen molar-refractivity contribution in [1.29, 1.82) is 0 Å². The Hall–Kier alpha value is -2.84. The van der Waals surface area contributed by atoms with Gasteiger partial charge in [-0.3, -0.25) is 0 Å². The SMILES string of the molecule is CC[C@@H](C)NC(=O)OCCCc1cnc[nH]1.O=C(O)/C=C/C(=O)O. The van der Waals surface area contributed by atoms with Crippen LogP contribution in [0.1, 0.15) is 32.4 Å². The molecule has 0 unspecified atom stereocenters. The van der Waals surface area contributed by atoms with Gasteiger partial charge in [0.25, 0.3) is 0 Å². The quantitative estimate of drug-likeness (QED) is 0.415. The molecule has 1 atom stereocenters. The molecule has 0 saturated carbocycles. The minimum Gasteiger partial charge on any atom is -0.478 e. The first-order valence-electron chi connectivity index (χ1n) is 7.39. The van der Waals surface area contributed by atoms with Gasteiger partial charge in [0.05, 0.1) is 12.9 Å². The number of ether oxygens (including phenoxy) is 1. The lowest BCUT2D eigenvalue weighted by Gasteiger charge is -2.11. The average Bonchev–Trinajstić information content (AvgIpc) is 3.03. The molecule has 0 spiro atoms. The highest BCUT2D eigenvalue weighted by molar-refractivity contribution is 5.89. The van der Waals surface area contributed by atoms with Gasteiger partial charge in [-0.1, -0.05) is 6.92 Å². The van der Waals surface area contributed by atoms with Crippen LogP contribution in [-0.4, -0.2) is 50.9 Å². The van der Waals surface area contributed by atoms with E-state index in [1.165, 1.54) is 0 Å². The molecule has 1 rings (SSSR count). The third-order valence-corrected chi connectivity index (χ3v) is 2.72. The molecule has 0 saturated heterocycles. The number of imidazole rings is 1. The van der Waals surface area contributed by atoms with Crippen molar-refractivity contribution in [3.63, 3.8) is 0 Å². The highest BCUT2D eigenvalue weighted by Gasteiger charge is 2.05. The van der Waals surface area contributed by atoms with Gasteiger partial charge >= 0.3 is 18.0 Å². The number of nitrogens with one attached hydrogen (secondary N) is 2. The fourth-order valence-corrected chi connectivity index (χ4v) is 1.34. The number of carbonyl (C=O) groups excluding carboxylic acids is 1. The van der Waals surface area contributed by atoms with Crippen LogP contribution in [0, 0.1) is 0 Å². The summed E-state index contributed by atoms with van der Waals surface area (Å²) in [6.45, 7) is 4.40. The number of rotatable bonds is 8. The van der Waals surface area contributed by atoms with Crippen molar-refractivity contribution in [3.8, 4) is 0 Å². The summed E-state index contributed by atoms with van der Waals surface area (Å²) in [5.41, 5.74) is 1.06. The zero-order valence-electron chi connectivity index (χ0n) is 13.7. The molecule has 0 fully saturated rings. The molecular formula is C15H23N3O6. The van der Waals surface area contributed by atoms with Gasteiger partial charge in [-0.15, -0.1) is 0 Å². The number of carboxylic acid groups (broad SMARTS) is 2. The van der Waals surface area contributed by atoms with Crippen molar-refractivity contribution in [2.45, 2.75) is 39.2 Å². The number of carbonyl (C=O) groups is 3. The van der Waals surface area contributed by atoms with E-state index in [9.17, 15) is 14.4 Å². The molecule has 0 bridgehead atoms. The normalized spacial score (nSPS) is 11.2. The summed E-state index contributed by atoms with van der Waals surface area (Å²) < 4.78 is 5.03. The minimum atomic E-state index is -1.26. The van der Waals surface area contributed by atoms with Gasteiger partial charge in [0, 0.05) is 30.1 Å². The summed E-state index contributed by atoms with van der Waals surface area (Å²) in [7, 11) is 0. The van der Waals surface area contributed by atoms with Crippen LogP contribution in [0.5, 0.6) is 0 Å². The molecule has 4 N–H and O–H groups in total. The van der Waals surface area contributed by atoms with E-state index >= 15 is 0 Å². The van der Waals surface area contributed by atoms with Gasteiger partial charge in [-0.25, -0.2) is 19.4 Å². The predicted octanol–water partition coefficient (Wildman–Crippen LogP) is 1.58. The van der Waals surface area contributed by atoms with Crippen molar-refractivity contribution in [3.05, 3.63) is 30.4 Å². The minimum absolute atomic E-state index is 0.167. The molecule has 1 amide bonds. The second-order valence-corrected chi connectivity index (χ2v) is 4.78. The van der Waals surface area contributed by atoms with Crippen LogP contribution >= 0.6 is 0 Å². The standard InChI is InChI=1S/C11H19N3O2.C4H4O4/c1-3-9(2)14-11(15)16-6-4-5-10-7-12-8-13-10;5-3(6)1-2-4(7)8/h7-9H,3-6H2,1-2H3,(H,12,13)(H,14,15);1-2H,(H,5,6)(H,7,8)/b;2-1+/t9-;/m1./s1. The molecule has 1 heterocycles. The summed E-state index contributed by atoms with van der Waals surface area (Å²) in [5.74, 6) is -2.51. The van der Waals surface area contributed by atoms with E-state index in [-0.39, 0.29) is 12.1 Å². The lowest BCUT2D eigenvalue weighted by molar-refractivity contribution is -0.134. The fraction of sp³-hybridized carbons (Fsp3) is 0.467. The molecule has 0 aliphatic heterocycles. The zero-order valence-corrected chi connectivity index (χ0v) is 13.7. The number of hydrogen-bond donors (Lipinski definition) is 4. The van der Waals surface area contributed by atoms with Crippen LogP contribution in [0.25, 0.3) is 0 Å². The summed E-state index contributed by atoms with van der Waals surface area (Å²) >= 11 is 0. The van der Waals surface area contributed by atoms with E-state index in [4.69, 9.17) is 14.9 Å². The number of nitrogens with zero attached hydrogens (tertiary/aromatic N) is 1. The van der Waals surface area contributed by atoms with Gasteiger partial charge in [0.2, 0.25) is 0 Å². The summed E-state index contributed by atoms with van der Waals surface area (Å²) in [6, 6.07) is 0.167. The number of amides is 1. The van der Waals surface area contributed by atoms with Gasteiger partial charge in [0.1, 0.15) is 0 Å². The molecule has 0 aliphatic carbocycles. The molecular weight excluding hydrogens is 318 g/mol. The number of alkyl carbamates (subject to hydrolysis) is 1. The Bertz CT molecular complexity index is 511. The largest absolute Gasteiger partial charge is 0.478 e. The van der Waals surface area contributed by atoms with Crippen molar-refractivity contribution in [1.82, 2.24) is 15.3 Å². The van der Waals surface area contributed by atoms with Gasteiger partial charge in [0.15, 0.2) is 0 Å². The Morgan fingerprint density at radius 2 is 1.96 bits per heavy atom. The summed E-state index contributed by atoms with van der Waals surface area (Å²) in [4.78, 5) is 37.2. The molecule has 0 aromatic carbocycles. The maximum Gasteiger partial charge on any atom is 0.407 e. The Balaban J connectivity index is 0.000000561. The molecule has 24 heavy (non-hydrogen) atoms. The van der Waals surface area contributed by atoms with Gasteiger partial charge < -0.3 is 25.3 Å². The average molecular weight is 341 g/mol. The number of H-pyrrole nitrogens is 1. The van der Waals surface area contributed by atoms with Crippen LogP contribution in [0.4, 0.5) is 4.79 Å². The Morgan fingerprint density at radius 1 is 1.33 bits per heavy atom. The lowest BCUT2D eigenvalue weighted by atomic mass is 10.2. The first-order valence-corrected chi connectivity index (χ1v) is 7.39. The van der Waals surface area contributed by atoms with Crippen molar-refractivity contribution in [2.24, 2.45) is 0 Å². The number of carboxylic acids is 2. The Labute approximate surface area is 139 Å². The van der Waals surface area contributed by atoms with Crippen LogP contribution in [0.15, 0.2) is 24.7 Å². The topological polar surface area (TPSA) is 142 Å².